The highest BCUT2D eigenvalue weighted by Gasteiger charge is 2.14. The molecule has 4 nitrogen and oxygen atoms in total. The van der Waals surface area contributed by atoms with E-state index in [1.165, 1.54) is 5.56 Å². The van der Waals surface area contributed by atoms with E-state index in [4.69, 9.17) is 4.74 Å². The van der Waals surface area contributed by atoms with Crippen LogP contribution in [0.15, 0.2) is 52.0 Å². The maximum absolute atomic E-state index is 12.1. The van der Waals surface area contributed by atoms with Crippen molar-refractivity contribution in [2.45, 2.75) is 33.8 Å². The number of carbonyl (C=O) groups excluding carboxylic acids is 1. The van der Waals surface area contributed by atoms with Gasteiger partial charge in [-0.3, -0.25) is 4.79 Å². The summed E-state index contributed by atoms with van der Waals surface area (Å²) in [7, 11) is 0. The smallest absolute Gasteiger partial charge is 0.280 e. The van der Waals surface area contributed by atoms with Gasteiger partial charge in [-0.1, -0.05) is 34.1 Å². The molecule has 1 atom stereocenters. The molecular weight excluding hydrogens is 368 g/mol. The third-order valence-corrected chi connectivity index (χ3v) is 4.28. The summed E-state index contributed by atoms with van der Waals surface area (Å²) in [5.74, 6) is 0.388. The first kappa shape index (κ1) is 18.2. The normalized spacial score (nSPS) is 12.6. The summed E-state index contributed by atoms with van der Waals surface area (Å²) in [6.45, 7) is 7.60. The van der Waals surface area contributed by atoms with E-state index in [1.54, 1.807) is 6.92 Å². The zero-order valence-electron chi connectivity index (χ0n) is 14.3. The zero-order chi connectivity index (χ0) is 17.7. The topological polar surface area (TPSA) is 50.7 Å². The van der Waals surface area contributed by atoms with Gasteiger partial charge in [-0.15, -0.1) is 0 Å². The van der Waals surface area contributed by atoms with Crippen LogP contribution in [0.5, 0.6) is 5.75 Å². The molecule has 2 aromatic carbocycles. The summed E-state index contributed by atoms with van der Waals surface area (Å²) in [6.07, 6.45) is -0.631. The Balaban J connectivity index is 1.96. The van der Waals surface area contributed by atoms with Gasteiger partial charge >= 0.3 is 0 Å². The molecule has 24 heavy (non-hydrogen) atoms. The fraction of sp³-hybridized carbons (Fsp3) is 0.263. The maximum Gasteiger partial charge on any atom is 0.280 e. The summed E-state index contributed by atoms with van der Waals surface area (Å²) in [6, 6.07) is 13.5. The molecule has 0 radical (unpaired) electrons. The lowest BCUT2D eigenvalue weighted by Crippen LogP contribution is -2.34. The number of aryl methyl sites for hydroxylation is 2. The van der Waals surface area contributed by atoms with Gasteiger partial charge in [0.1, 0.15) is 5.75 Å². The number of carbonyl (C=O) groups is 1. The van der Waals surface area contributed by atoms with Gasteiger partial charge in [0, 0.05) is 4.47 Å². The monoisotopic (exact) mass is 388 g/mol. The first-order valence-electron chi connectivity index (χ1n) is 7.71. The minimum absolute atomic E-state index is 0.287. The number of nitrogens with zero attached hydrogens (tertiary/aromatic N) is 1. The number of amides is 1. The standard InChI is InChI=1S/C19H21BrN2O2/c1-12-5-10-18(11-13(12)2)24-15(4)19(23)22-21-14(3)16-6-8-17(20)9-7-16/h5-11,15H,1-4H3,(H,22,23)/b21-14+. The Morgan fingerprint density at radius 2 is 1.79 bits per heavy atom. The van der Waals surface area contributed by atoms with Crippen molar-refractivity contribution in [3.05, 3.63) is 63.6 Å². The third kappa shape index (κ3) is 4.93. The average Bonchev–Trinajstić information content (AvgIpc) is 2.56. The molecule has 0 aliphatic carbocycles. The first-order chi connectivity index (χ1) is 11.4. The highest BCUT2D eigenvalue weighted by Crippen LogP contribution is 2.17. The van der Waals surface area contributed by atoms with E-state index >= 15 is 0 Å². The Bertz CT molecular complexity index is 754. The van der Waals surface area contributed by atoms with Crippen LogP contribution in [-0.2, 0) is 4.79 Å². The average molecular weight is 389 g/mol. The summed E-state index contributed by atoms with van der Waals surface area (Å²) < 4.78 is 6.68. The largest absolute Gasteiger partial charge is 0.481 e. The molecule has 0 saturated carbocycles. The molecule has 0 aliphatic heterocycles. The van der Waals surface area contributed by atoms with Crippen molar-refractivity contribution in [1.29, 1.82) is 0 Å². The van der Waals surface area contributed by atoms with Crippen LogP contribution in [0.4, 0.5) is 0 Å². The summed E-state index contributed by atoms with van der Waals surface area (Å²) in [5, 5.41) is 4.14. The van der Waals surface area contributed by atoms with Crippen molar-refractivity contribution in [3.8, 4) is 5.75 Å². The minimum Gasteiger partial charge on any atom is -0.481 e. The van der Waals surface area contributed by atoms with E-state index in [0.717, 1.165) is 21.3 Å². The van der Waals surface area contributed by atoms with Gasteiger partial charge in [-0.25, -0.2) is 5.43 Å². The second-order valence-electron chi connectivity index (χ2n) is 5.69. The Morgan fingerprint density at radius 1 is 1.12 bits per heavy atom. The van der Waals surface area contributed by atoms with E-state index in [0.29, 0.717) is 5.75 Å². The molecule has 0 saturated heterocycles. The number of rotatable bonds is 5. The Kier molecular flexibility index (Phi) is 6.15. The van der Waals surface area contributed by atoms with Crippen LogP contribution in [0.3, 0.4) is 0 Å². The van der Waals surface area contributed by atoms with Crippen LogP contribution >= 0.6 is 15.9 Å². The second-order valence-corrected chi connectivity index (χ2v) is 6.60. The van der Waals surface area contributed by atoms with E-state index in [2.05, 4.69) is 26.5 Å². The number of halogens is 1. The predicted octanol–water partition coefficient (Wildman–Crippen LogP) is 4.37. The number of hydrogen-bond acceptors (Lipinski definition) is 3. The predicted molar refractivity (Wildman–Crippen MR) is 101 cm³/mol. The lowest BCUT2D eigenvalue weighted by atomic mass is 10.1. The molecule has 0 fully saturated rings. The highest BCUT2D eigenvalue weighted by molar-refractivity contribution is 9.10. The van der Waals surface area contributed by atoms with Gasteiger partial charge in [-0.2, -0.15) is 5.10 Å². The maximum atomic E-state index is 12.1. The van der Waals surface area contributed by atoms with Crippen LogP contribution < -0.4 is 10.2 Å². The molecule has 0 aliphatic rings. The van der Waals surface area contributed by atoms with E-state index < -0.39 is 6.10 Å². The van der Waals surface area contributed by atoms with Gasteiger partial charge < -0.3 is 4.74 Å². The molecule has 1 amide bonds. The van der Waals surface area contributed by atoms with Gasteiger partial charge in [0.25, 0.3) is 5.91 Å². The zero-order valence-corrected chi connectivity index (χ0v) is 15.8. The van der Waals surface area contributed by atoms with Crippen molar-refractivity contribution in [2.24, 2.45) is 5.10 Å². The van der Waals surface area contributed by atoms with Crippen LogP contribution in [0.2, 0.25) is 0 Å². The first-order valence-corrected chi connectivity index (χ1v) is 8.50. The minimum atomic E-state index is -0.631. The molecular formula is C19H21BrN2O2. The molecule has 0 spiro atoms. The molecule has 1 unspecified atom stereocenters. The fourth-order valence-corrected chi connectivity index (χ4v) is 2.29. The van der Waals surface area contributed by atoms with Crippen molar-refractivity contribution < 1.29 is 9.53 Å². The quantitative estimate of drug-likeness (QED) is 0.610. The highest BCUT2D eigenvalue weighted by atomic mass is 79.9. The summed E-state index contributed by atoms with van der Waals surface area (Å²) in [4.78, 5) is 12.1. The second kappa shape index (κ2) is 8.11. The molecule has 0 bridgehead atoms. The van der Waals surface area contributed by atoms with Crippen LogP contribution in [0, 0.1) is 13.8 Å². The molecule has 126 valence electrons. The lowest BCUT2D eigenvalue weighted by molar-refractivity contribution is -0.127. The molecule has 2 rings (SSSR count). The van der Waals surface area contributed by atoms with Crippen molar-refractivity contribution in [1.82, 2.24) is 5.43 Å². The van der Waals surface area contributed by atoms with E-state index in [1.807, 2.05) is 63.2 Å². The van der Waals surface area contributed by atoms with Crippen LogP contribution in [-0.4, -0.2) is 17.7 Å². The van der Waals surface area contributed by atoms with E-state index in [-0.39, 0.29) is 5.91 Å². The van der Waals surface area contributed by atoms with Gasteiger partial charge in [-0.05, 0) is 68.7 Å². The van der Waals surface area contributed by atoms with Crippen LogP contribution in [0.25, 0.3) is 0 Å². The van der Waals surface area contributed by atoms with Gasteiger partial charge in [0.15, 0.2) is 6.10 Å². The molecule has 2 aromatic rings. The Hall–Kier alpha value is -2.14. The third-order valence-electron chi connectivity index (χ3n) is 3.76. The number of benzene rings is 2. The Labute approximate surface area is 151 Å². The summed E-state index contributed by atoms with van der Waals surface area (Å²) >= 11 is 3.39. The summed E-state index contributed by atoms with van der Waals surface area (Å²) in [5.41, 5.74) is 6.55. The molecule has 1 N–H and O–H groups in total. The number of ether oxygens (including phenoxy) is 1. The SMILES string of the molecule is C/C(=N\NC(=O)C(C)Oc1ccc(C)c(C)c1)c1ccc(Br)cc1. The van der Waals surface area contributed by atoms with Gasteiger partial charge in [0.05, 0.1) is 5.71 Å². The number of hydrogen-bond donors (Lipinski definition) is 1. The molecule has 5 heteroatoms. The van der Waals surface area contributed by atoms with E-state index in [9.17, 15) is 4.79 Å². The lowest BCUT2D eigenvalue weighted by Gasteiger charge is -2.14. The Morgan fingerprint density at radius 3 is 2.42 bits per heavy atom. The van der Waals surface area contributed by atoms with Crippen molar-refractivity contribution >= 4 is 27.5 Å². The number of hydrazone groups is 1. The molecule has 0 heterocycles. The van der Waals surface area contributed by atoms with Crippen LogP contribution in [0.1, 0.15) is 30.5 Å². The van der Waals surface area contributed by atoms with Gasteiger partial charge in [0.2, 0.25) is 0 Å². The van der Waals surface area contributed by atoms with Crippen molar-refractivity contribution in [3.63, 3.8) is 0 Å². The molecule has 0 aromatic heterocycles. The van der Waals surface area contributed by atoms with Crippen molar-refractivity contribution in [2.75, 3.05) is 0 Å². The number of nitrogens with one attached hydrogen (secondary N) is 1. The fourth-order valence-electron chi connectivity index (χ4n) is 2.03.